The number of guanidine groups is 1. The summed E-state index contributed by atoms with van der Waals surface area (Å²) in [5.41, 5.74) is 1.40. The standard InChI is InChI=1S/C21H23F6N5/c1-12(28)9-17-18(31-32-19(30-17)29-15-5-3-2-4-6-15)16-8-7-14(21(25,26)27)10-13(16)11-20(22,23)24/h7-10,15,28H,2-6,11H2,1H3,(H2,29,30,32)/p+1/b17-9-,28-12?. The first-order chi connectivity index (χ1) is 14.9. The van der Waals surface area contributed by atoms with Crippen molar-refractivity contribution in [1.29, 1.82) is 5.41 Å². The maximum atomic E-state index is 13.1. The number of hydrazone groups is 1. The van der Waals surface area contributed by atoms with Gasteiger partial charge in [-0.25, -0.2) is 15.7 Å². The van der Waals surface area contributed by atoms with Crippen molar-refractivity contribution in [3.8, 4) is 0 Å². The van der Waals surface area contributed by atoms with Crippen LogP contribution in [-0.4, -0.2) is 29.6 Å². The molecule has 1 saturated carbocycles. The van der Waals surface area contributed by atoms with Crippen LogP contribution in [0.5, 0.6) is 0 Å². The molecule has 2 aliphatic rings. The quantitative estimate of drug-likeness (QED) is 0.455. The minimum atomic E-state index is -4.78. The van der Waals surface area contributed by atoms with Crippen LogP contribution in [0.25, 0.3) is 0 Å². The summed E-state index contributed by atoms with van der Waals surface area (Å²) in [6.07, 6.45) is -4.50. The molecular formula is C21H24F6N5+. The van der Waals surface area contributed by atoms with Gasteiger partial charge in [-0.2, -0.15) is 31.4 Å². The average molecular weight is 460 g/mol. The number of allylic oxidation sites excluding steroid dienone is 2. The van der Waals surface area contributed by atoms with Gasteiger partial charge in [-0.05, 0) is 37.5 Å². The first-order valence-corrected chi connectivity index (χ1v) is 10.2. The Bertz CT molecular complexity index is 952. The Morgan fingerprint density at radius 1 is 1.19 bits per heavy atom. The fourth-order valence-corrected chi connectivity index (χ4v) is 3.82. The van der Waals surface area contributed by atoms with E-state index in [0.29, 0.717) is 17.7 Å². The number of alkyl halides is 6. The van der Waals surface area contributed by atoms with Crippen LogP contribution < -0.4 is 10.7 Å². The van der Waals surface area contributed by atoms with Crippen LogP contribution in [0.15, 0.2) is 40.1 Å². The summed E-state index contributed by atoms with van der Waals surface area (Å²) in [6.45, 7) is 1.49. The Labute approximate surface area is 181 Å². The Morgan fingerprint density at radius 3 is 2.47 bits per heavy atom. The molecule has 0 aromatic heterocycles. The van der Waals surface area contributed by atoms with Gasteiger partial charge in [-0.15, -0.1) is 0 Å². The van der Waals surface area contributed by atoms with Crippen molar-refractivity contribution in [2.24, 2.45) is 10.1 Å². The smallest absolute Gasteiger partial charge is 0.305 e. The van der Waals surface area contributed by atoms with E-state index < -0.39 is 29.9 Å². The second-order valence-electron chi connectivity index (χ2n) is 7.97. The number of halogens is 6. The second kappa shape index (κ2) is 9.43. The molecule has 1 aromatic carbocycles. The van der Waals surface area contributed by atoms with Gasteiger partial charge in [0.15, 0.2) is 11.4 Å². The van der Waals surface area contributed by atoms with Gasteiger partial charge in [0.2, 0.25) is 0 Å². The highest BCUT2D eigenvalue weighted by molar-refractivity contribution is 6.16. The third-order valence-electron chi connectivity index (χ3n) is 5.19. The van der Waals surface area contributed by atoms with Crippen LogP contribution in [0.2, 0.25) is 0 Å². The van der Waals surface area contributed by atoms with E-state index in [9.17, 15) is 26.3 Å². The number of aliphatic imine (C=N–C) groups is 1. The molecule has 0 unspecified atom stereocenters. The van der Waals surface area contributed by atoms with E-state index in [0.717, 1.165) is 44.2 Å². The SMILES string of the molecule is CC(=N)/C=C1\[NH2+]C(=NC2CCCCC2)NN=C1c1ccc(C(F)(F)F)cc1CC(F)(F)F. The molecule has 1 aliphatic heterocycles. The molecule has 174 valence electrons. The highest BCUT2D eigenvalue weighted by Gasteiger charge is 2.36. The summed E-state index contributed by atoms with van der Waals surface area (Å²) >= 11 is 0. The number of hydrogen-bond acceptors (Lipinski definition) is 3. The molecule has 11 heteroatoms. The average Bonchev–Trinajstić information content (AvgIpc) is 2.67. The molecule has 5 nitrogen and oxygen atoms in total. The summed E-state index contributed by atoms with van der Waals surface area (Å²) in [4.78, 5) is 4.61. The van der Waals surface area contributed by atoms with Crippen molar-refractivity contribution in [3.05, 3.63) is 46.7 Å². The van der Waals surface area contributed by atoms with Gasteiger partial charge in [0, 0.05) is 17.4 Å². The molecule has 0 saturated heterocycles. The van der Waals surface area contributed by atoms with Crippen molar-refractivity contribution in [2.75, 3.05) is 0 Å². The lowest BCUT2D eigenvalue weighted by atomic mass is 9.95. The van der Waals surface area contributed by atoms with Gasteiger partial charge in [0.1, 0.15) is 0 Å². The van der Waals surface area contributed by atoms with Crippen LogP contribution >= 0.6 is 0 Å². The van der Waals surface area contributed by atoms with E-state index in [1.807, 2.05) is 0 Å². The van der Waals surface area contributed by atoms with E-state index in [1.165, 1.54) is 13.0 Å². The number of nitrogens with zero attached hydrogens (tertiary/aromatic N) is 2. The van der Waals surface area contributed by atoms with E-state index in [1.54, 1.807) is 5.32 Å². The molecule has 1 heterocycles. The van der Waals surface area contributed by atoms with Crippen LogP contribution in [0.3, 0.4) is 0 Å². The van der Waals surface area contributed by atoms with Gasteiger partial charge in [0.25, 0.3) is 0 Å². The minimum Gasteiger partial charge on any atom is -0.305 e. The Balaban J connectivity index is 2.03. The predicted octanol–water partition coefficient (Wildman–Crippen LogP) is 4.29. The Kier molecular flexibility index (Phi) is 7.06. The van der Waals surface area contributed by atoms with Gasteiger partial charge in [0.05, 0.1) is 18.0 Å². The summed E-state index contributed by atoms with van der Waals surface area (Å²) < 4.78 is 78.7. The third kappa shape index (κ3) is 6.41. The molecule has 0 bridgehead atoms. The summed E-state index contributed by atoms with van der Waals surface area (Å²) in [6, 6.07) is 2.34. The third-order valence-corrected chi connectivity index (χ3v) is 5.19. The molecule has 32 heavy (non-hydrogen) atoms. The Hall–Kier alpha value is -2.69. The van der Waals surface area contributed by atoms with Crippen molar-refractivity contribution >= 4 is 17.4 Å². The summed E-state index contributed by atoms with van der Waals surface area (Å²) in [5, 5.41) is 13.5. The van der Waals surface area contributed by atoms with Crippen molar-refractivity contribution in [3.63, 3.8) is 0 Å². The highest BCUT2D eigenvalue weighted by atomic mass is 19.4. The van der Waals surface area contributed by atoms with Gasteiger partial charge >= 0.3 is 18.3 Å². The predicted molar refractivity (Wildman–Crippen MR) is 109 cm³/mol. The minimum absolute atomic E-state index is 0.0344. The normalized spacial score (nSPS) is 20.9. The number of hydrogen-bond donors (Lipinski definition) is 3. The number of quaternary nitrogens is 1. The summed E-state index contributed by atoms with van der Waals surface area (Å²) in [5.74, 6) is 0.414. The maximum absolute atomic E-state index is 13.1. The van der Waals surface area contributed by atoms with Crippen molar-refractivity contribution in [1.82, 2.24) is 5.43 Å². The van der Waals surface area contributed by atoms with Gasteiger partial charge < -0.3 is 5.41 Å². The maximum Gasteiger partial charge on any atom is 0.416 e. The zero-order valence-electron chi connectivity index (χ0n) is 17.4. The molecule has 3 rings (SSSR count). The number of benzene rings is 1. The molecule has 0 amide bonds. The van der Waals surface area contributed by atoms with E-state index in [-0.39, 0.29) is 23.0 Å². The number of nitrogens with one attached hydrogen (secondary N) is 2. The lowest BCUT2D eigenvalue weighted by Gasteiger charge is -2.22. The lowest BCUT2D eigenvalue weighted by molar-refractivity contribution is -0.481. The van der Waals surface area contributed by atoms with E-state index >= 15 is 0 Å². The molecule has 0 atom stereocenters. The second-order valence-corrected chi connectivity index (χ2v) is 7.97. The molecule has 1 fully saturated rings. The Morgan fingerprint density at radius 2 is 1.88 bits per heavy atom. The molecule has 0 spiro atoms. The van der Waals surface area contributed by atoms with Gasteiger partial charge in [-0.1, -0.05) is 25.3 Å². The van der Waals surface area contributed by atoms with E-state index in [2.05, 4.69) is 15.5 Å². The zero-order chi connectivity index (χ0) is 23.5. The fourth-order valence-electron chi connectivity index (χ4n) is 3.82. The molecular weight excluding hydrogens is 436 g/mol. The first-order valence-electron chi connectivity index (χ1n) is 10.2. The molecule has 0 radical (unpaired) electrons. The largest absolute Gasteiger partial charge is 0.416 e. The first kappa shape index (κ1) is 24.0. The topological polar surface area (TPSA) is 77.2 Å². The number of nitrogens with two attached hydrogens (primary N) is 1. The van der Waals surface area contributed by atoms with Crippen LogP contribution in [0, 0.1) is 5.41 Å². The van der Waals surface area contributed by atoms with Crippen molar-refractivity contribution < 1.29 is 31.7 Å². The zero-order valence-corrected chi connectivity index (χ0v) is 17.4. The molecule has 4 N–H and O–H groups in total. The van der Waals surface area contributed by atoms with Gasteiger partial charge in [-0.3, -0.25) is 0 Å². The molecule has 1 aromatic rings. The molecule has 1 aliphatic carbocycles. The lowest BCUT2D eigenvalue weighted by Crippen LogP contribution is -2.92. The highest BCUT2D eigenvalue weighted by Crippen LogP contribution is 2.33. The van der Waals surface area contributed by atoms with Crippen LogP contribution in [-0.2, 0) is 12.6 Å². The van der Waals surface area contributed by atoms with Crippen LogP contribution in [0.1, 0.15) is 55.7 Å². The summed E-state index contributed by atoms with van der Waals surface area (Å²) in [7, 11) is 0. The monoisotopic (exact) mass is 460 g/mol. The van der Waals surface area contributed by atoms with Crippen molar-refractivity contribution in [2.45, 2.75) is 63.8 Å². The van der Waals surface area contributed by atoms with E-state index in [4.69, 9.17) is 5.41 Å². The van der Waals surface area contributed by atoms with Crippen LogP contribution in [0.4, 0.5) is 26.3 Å². The number of rotatable bonds is 4. The fraction of sp³-hybridized carbons (Fsp3) is 0.476.